The molecule has 1 amide bonds. The number of hydrogen-bond donors (Lipinski definition) is 1. The molecule has 3 heterocycles. The van der Waals surface area contributed by atoms with Gasteiger partial charge in [0, 0.05) is 17.6 Å². The van der Waals surface area contributed by atoms with Crippen molar-refractivity contribution < 1.29 is 9.53 Å². The summed E-state index contributed by atoms with van der Waals surface area (Å²) in [5.74, 6) is 0.706. The molecule has 20 heavy (non-hydrogen) atoms. The molecular weight excluding hydrogens is 274 g/mol. The number of hydrogen-bond acceptors (Lipinski definition) is 4. The Labute approximate surface area is 121 Å². The zero-order valence-corrected chi connectivity index (χ0v) is 12.2. The number of fused-ring (bicyclic) bond motifs is 1. The van der Waals surface area contributed by atoms with Crippen molar-refractivity contribution in [3.05, 3.63) is 40.1 Å². The maximum atomic E-state index is 12.3. The zero-order chi connectivity index (χ0) is 13.9. The van der Waals surface area contributed by atoms with Crippen LogP contribution in [0.1, 0.15) is 40.6 Å². The number of nitrogens with zero attached hydrogens (tertiary/aromatic N) is 2. The Kier molecular flexibility index (Phi) is 3.84. The number of ether oxygens (including phenoxy) is 1. The van der Waals surface area contributed by atoms with Crippen LogP contribution in [0.15, 0.2) is 23.7 Å². The predicted octanol–water partition coefficient (Wildman–Crippen LogP) is 2.36. The number of carbonyl (C=O) groups is 1. The third kappa shape index (κ3) is 2.62. The minimum Gasteiger partial charge on any atom is -0.372 e. The number of carbonyl (C=O) groups excluding carboxylic acids is 1. The smallest absolute Gasteiger partial charge is 0.271 e. The van der Waals surface area contributed by atoms with Crippen LogP contribution in [0.4, 0.5) is 0 Å². The maximum absolute atomic E-state index is 12.3. The predicted molar refractivity (Wildman–Crippen MR) is 76.7 cm³/mol. The molecule has 1 N–H and O–H groups in total. The van der Waals surface area contributed by atoms with Crippen LogP contribution in [0, 0.1) is 0 Å². The minimum atomic E-state index is -0.118. The van der Waals surface area contributed by atoms with E-state index < -0.39 is 0 Å². The van der Waals surface area contributed by atoms with Gasteiger partial charge in [0.15, 0.2) is 0 Å². The van der Waals surface area contributed by atoms with Crippen molar-refractivity contribution in [2.45, 2.75) is 32.5 Å². The van der Waals surface area contributed by atoms with E-state index in [0.29, 0.717) is 18.9 Å². The largest absolute Gasteiger partial charge is 0.372 e. The lowest BCUT2D eigenvalue weighted by atomic mass is 10.2. The molecule has 0 fully saturated rings. The molecule has 0 saturated heterocycles. The first kappa shape index (κ1) is 13.3. The Bertz CT molecular complexity index is 568. The molecular formula is C14H17N3O2S. The summed E-state index contributed by atoms with van der Waals surface area (Å²) in [4.78, 5) is 17.8. The number of amides is 1. The molecule has 2 aromatic rings. The molecule has 6 heteroatoms. The first-order valence-corrected chi connectivity index (χ1v) is 7.64. The van der Waals surface area contributed by atoms with Gasteiger partial charge in [0.1, 0.15) is 18.1 Å². The molecule has 0 aliphatic carbocycles. The van der Waals surface area contributed by atoms with Crippen LogP contribution in [-0.2, 0) is 17.9 Å². The zero-order valence-electron chi connectivity index (χ0n) is 11.3. The third-order valence-electron chi connectivity index (χ3n) is 3.40. The molecule has 0 aromatic carbocycles. The molecule has 0 radical (unpaired) electrons. The van der Waals surface area contributed by atoms with E-state index in [1.54, 1.807) is 11.3 Å². The lowest BCUT2D eigenvalue weighted by Crippen LogP contribution is -2.27. The van der Waals surface area contributed by atoms with Crippen molar-refractivity contribution in [3.63, 3.8) is 0 Å². The van der Waals surface area contributed by atoms with E-state index in [1.165, 1.54) is 4.88 Å². The van der Waals surface area contributed by atoms with Crippen molar-refractivity contribution in [2.24, 2.45) is 0 Å². The first-order chi connectivity index (χ1) is 9.78. The monoisotopic (exact) mass is 291 g/mol. The number of thiophene rings is 1. The van der Waals surface area contributed by atoms with Gasteiger partial charge in [0.25, 0.3) is 5.91 Å². The van der Waals surface area contributed by atoms with Gasteiger partial charge in [-0.1, -0.05) is 13.0 Å². The molecule has 2 aromatic heterocycles. The molecule has 106 valence electrons. The summed E-state index contributed by atoms with van der Waals surface area (Å²) < 4.78 is 7.33. The number of imidazole rings is 1. The fourth-order valence-electron chi connectivity index (χ4n) is 2.29. The van der Waals surface area contributed by atoms with Gasteiger partial charge in [0.05, 0.1) is 12.6 Å². The van der Waals surface area contributed by atoms with E-state index in [1.807, 2.05) is 28.3 Å². The fraction of sp³-hybridized carbons (Fsp3) is 0.429. The SMILES string of the molecule is CC[C@@H](NC(=O)c1cn2c(n1)COCC2)c1cccs1. The summed E-state index contributed by atoms with van der Waals surface area (Å²) in [6, 6.07) is 4.10. The number of aromatic nitrogens is 2. The van der Waals surface area contributed by atoms with Gasteiger partial charge < -0.3 is 14.6 Å². The van der Waals surface area contributed by atoms with Crippen LogP contribution >= 0.6 is 11.3 Å². The fourth-order valence-corrected chi connectivity index (χ4v) is 3.16. The van der Waals surface area contributed by atoms with Crippen LogP contribution in [0.3, 0.4) is 0 Å². The van der Waals surface area contributed by atoms with Gasteiger partial charge >= 0.3 is 0 Å². The summed E-state index contributed by atoms with van der Waals surface area (Å²) in [6.07, 6.45) is 2.68. The topological polar surface area (TPSA) is 56.2 Å². The Morgan fingerprint density at radius 2 is 2.55 bits per heavy atom. The molecule has 0 spiro atoms. The van der Waals surface area contributed by atoms with Gasteiger partial charge in [-0.2, -0.15) is 0 Å². The van der Waals surface area contributed by atoms with E-state index in [2.05, 4.69) is 17.2 Å². The average molecular weight is 291 g/mol. The highest BCUT2D eigenvalue weighted by Crippen LogP contribution is 2.22. The molecule has 3 rings (SSSR count). The van der Waals surface area contributed by atoms with E-state index in [4.69, 9.17) is 4.74 Å². The van der Waals surface area contributed by atoms with Gasteiger partial charge in [-0.15, -0.1) is 11.3 Å². The summed E-state index contributed by atoms with van der Waals surface area (Å²) in [7, 11) is 0. The second-order valence-electron chi connectivity index (χ2n) is 4.74. The molecule has 0 unspecified atom stereocenters. The summed E-state index contributed by atoms with van der Waals surface area (Å²) in [5, 5.41) is 5.07. The highest BCUT2D eigenvalue weighted by molar-refractivity contribution is 7.10. The number of rotatable bonds is 4. The van der Waals surface area contributed by atoms with Crippen molar-refractivity contribution in [1.29, 1.82) is 0 Å². The van der Waals surface area contributed by atoms with Gasteiger partial charge in [-0.05, 0) is 17.9 Å². The van der Waals surface area contributed by atoms with E-state index in [-0.39, 0.29) is 11.9 Å². The summed E-state index contributed by atoms with van der Waals surface area (Å²) in [5.41, 5.74) is 0.473. The highest BCUT2D eigenvalue weighted by atomic mass is 32.1. The Balaban J connectivity index is 1.74. The Hall–Kier alpha value is -1.66. The second kappa shape index (κ2) is 5.76. The highest BCUT2D eigenvalue weighted by Gasteiger charge is 2.20. The van der Waals surface area contributed by atoms with Crippen LogP contribution in [0.25, 0.3) is 0 Å². The summed E-state index contributed by atoms with van der Waals surface area (Å²) >= 11 is 1.66. The second-order valence-corrected chi connectivity index (χ2v) is 5.72. The van der Waals surface area contributed by atoms with Crippen LogP contribution in [0.2, 0.25) is 0 Å². The van der Waals surface area contributed by atoms with Crippen molar-refractivity contribution in [3.8, 4) is 0 Å². The standard InChI is InChI=1S/C14H17N3O2S/c1-2-10(12-4-3-7-20-12)16-14(18)11-8-17-5-6-19-9-13(17)15-11/h3-4,7-8,10H,2,5-6,9H2,1H3,(H,16,18)/t10-/m1/s1. The van der Waals surface area contributed by atoms with Crippen molar-refractivity contribution >= 4 is 17.2 Å². The van der Waals surface area contributed by atoms with Gasteiger partial charge in [-0.25, -0.2) is 4.98 Å². The van der Waals surface area contributed by atoms with Gasteiger partial charge in [0.2, 0.25) is 0 Å². The Morgan fingerprint density at radius 1 is 1.65 bits per heavy atom. The maximum Gasteiger partial charge on any atom is 0.271 e. The molecule has 1 aliphatic rings. The minimum absolute atomic E-state index is 0.0532. The molecule has 5 nitrogen and oxygen atoms in total. The molecule has 0 saturated carbocycles. The van der Waals surface area contributed by atoms with E-state index >= 15 is 0 Å². The summed E-state index contributed by atoms with van der Waals surface area (Å²) in [6.45, 7) is 3.99. The Morgan fingerprint density at radius 3 is 3.25 bits per heavy atom. The molecule has 1 atom stereocenters. The van der Waals surface area contributed by atoms with Gasteiger partial charge in [-0.3, -0.25) is 4.79 Å². The molecule has 1 aliphatic heterocycles. The van der Waals surface area contributed by atoms with Crippen LogP contribution in [-0.4, -0.2) is 22.1 Å². The average Bonchev–Trinajstić information content (AvgIpc) is 3.13. The van der Waals surface area contributed by atoms with E-state index in [0.717, 1.165) is 18.8 Å². The lowest BCUT2D eigenvalue weighted by Gasteiger charge is -2.14. The normalized spacial score (nSPS) is 15.7. The third-order valence-corrected chi connectivity index (χ3v) is 4.39. The van der Waals surface area contributed by atoms with Crippen LogP contribution in [0.5, 0.6) is 0 Å². The number of nitrogens with one attached hydrogen (secondary N) is 1. The van der Waals surface area contributed by atoms with Crippen LogP contribution < -0.4 is 5.32 Å². The lowest BCUT2D eigenvalue weighted by molar-refractivity contribution is 0.0815. The quantitative estimate of drug-likeness (QED) is 0.941. The van der Waals surface area contributed by atoms with Crippen molar-refractivity contribution in [2.75, 3.05) is 6.61 Å². The van der Waals surface area contributed by atoms with E-state index in [9.17, 15) is 4.79 Å². The van der Waals surface area contributed by atoms with Crippen molar-refractivity contribution in [1.82, 2.24) is 14.9 Å². The first-order valence-electron chi connectivity index (χ1n) is 6.76. The molecule has 0 bridgehead atoms.